The Kier molecular flexibility index (Phi) is 4.87. The van der Waals surface area contributed by atoms with Gasteiger partial charge in [0.25, 0.3) is 0 Å². The van der Waals surface area contributed by atoms with Gasteiger partial charge in [-0.1, -0.05) is 20.8 Å². The molecule has 0 bridgehead atoms. The third kappa shape index (κ3) is 4.71. The summed E-state index contributed by atoms with van der Waals surface area (Å²) in [6, 6.07) is 0. The number of rotatable bonds is 5. The van der Waals surface area contributed by atoms with Crippen molar-refractivity contribution in [2.75, 3.05) is 6.61 Å². The summed E-state index contributed by atoms with van der Waals surface area (Å²) in [7, 11) is -1.77. The maximum atomic E-state index is 11.1. The van der Waals surface area contributed by atoms with Crippen molar-refractivity contribution >= 4 is 19.9 Å². The zero-order chi connectivity index (χ0) is 12.3. The van der Waals surface area contributed by atoms with Gasteiger partial charge in [0.1, 0.15) is 0 Å². The monoisotopic (exact) mass is 230 g/mol. The Morgan fingerprint density at radius 2 is 1.67 bits per heavy atom. The van der Waals surface area contributed by atoms with Crippen LogP contribution in [0.25, 0.3) is 0 Å². The van der Waals surface area contributed by atoms with Crippen LogP contribution in [0.3, 0.4) is 0 Å². The average molecular weight is 230 g/mol. The topological polar surface area (TPSA) is 43.4 Å². The first kappa shape index (κ1) is 14.5. The molecule has 15 heavy (non-hydrogen) atoms. The second kappa shape index (κ2) is 5.03. The standard InChI is InChI=1S/C11H22O3Si/c1-9(12)10(13)7-8-14-15(5,6)11(2,3)4/h7-8H2,1-6H3. The Bertz CT molecular complexity index is 251. The van der Waals surface area contributed by atoms with E-state index in [1.54, 1.807) is 0 Å². The van der Waals surface area contributed by atoms with Crippen LogP contribution < -0.4 is 0 Å². The Labute approximate surface area is 93.3 Å². The lowest BCUT2D eigenvalue weighted by Crippen LogP contribution is -2.41. The molecule has 0 heterocycles. The van der Waals surface area contributed by atoms with E-state index < -0.39 is 8.32 Å². The van der Waals surface area contributed by atoms with E-state index in [4.69, 9.17) is 4.43 Å². The summed E-state index contributed by atoms with van der Waals surface area (Å²) in [5, 5.41) is 0.145. The van der Waals surface area contributed by atoms with Crippen LogP contribution in [-0.4, -0.2) is 26.5 Å². The van der Waals surface area contributed by atoms with Gasteiger partial charge in [-0.05, 0) is 18.1 Å². The van der Waals surface area contributed by atoms with E-state index in [0.29, 0.717) is 6.61 Å². The predicted molar refractivity (Wildman–Crippen MR) is 63.5 cm³/mol. The number of hydrogen-bond donors (Lipinski definition) is 0. The molecule has 0 radical (unpaired) electrons. The van der Waals surface area contributed by atoms with Gasteiger partial charge in [0.05, 0.1) is 0 Å². The first-order valence-corrected chi connectivity index (χ1v) is 8.16. The number of carbonyl (C=O) groups excluding carboxylic acids is 2. The molecule has 0 spiro atoms. The largest absolute Gasteiger partial charge is 0.416 e. The molecule has 0 saturated heterocycles. The minimum Gasteiger partial charge on any atom is -0.416 e. The zero-order valence-electron chi connectivity index (χ0n) is 10.6. The van der Waals surface area contributed by atoms with Gasteiger partial charge in [-0.3, -0.25) is 9.59 Å². The first-order valence-electron chi connectivity index (χ1n) is 5.25. The SMILES string of the molecule is CC(=O)C(=O)CCO[Si](C)(C)C(C)(C)C. The molecule has 4 heteroatoms. The fourth-order valence-corrected chi connectivity index (χ4v) is 1.84. The van der Waals surface area contributed by atoms with E-state index in [1.807, 2.05) is 0 Å². The summed E-state index contributed by atoms with van der Waals surface area (Å²) in [6.07, 6.45) is 0.210. The van der Waals surface area contributed by atoms with Crippen molar-refractivity contribution in [3.63, 3.8) is 0 Å². The van der Waals surface area contributed by atoms with Crippen molar-refractivity contribution in [3.05, 3.63) is 0 Å². The summed E-state index contributed by atoms with van der Waals surface area (Å²) < 4.78 is 5.78. The van der Waals surface area contributed by atoms with Gasteiger partial charge in [-0.25, -0.2) is 0 Å². The van der Waals surface area contributed by atoms with Crippen LogP contribution in [-0.2, 0) is 14.0 Å². The molecule has 0 aromatic carbocycles. The fraction of sp³-hybridized carbons (Fsp3) is 0.818. The smallest absolute Gasteiger partial charge is 0.200 e. The van der Waals surface area contributed by atoms with Gasteiger partial charge in [-0.15, -0.1) is 0 Å². The molecule has 88 valence electrons. The van der Waals surface area contributed by atoms with E-state index in [1.165, 1.54) is 6.92 Å². The molecular formula is C11H22O3Si. The molecule has 0 N–H and O–H groups in total. The molecule has 0 unspecified atom stereocenters. The molecule has 0 aromatic heterocycles. The maximum absolute atomic E-state index is 11.1. The van der Waals surface area contributed by atoms with E-state index in [-0.39, 0.29) is 23.0 Å². The van der Waals surface area contributed by atoms with E-state index in [9.17, 15) is 9.59 Å². The van der Waals surface area contributed by atoms with Crippen LogP contribution in [0, 0.1) is 0 Å². The minimum absolute atomic E-state index is 0.145. The zero-order valence-corrected chi connectivity index (χ0v) is 11.6. The van der Waals surface area contributed by atoms with Gasteiger partial charge >= 0.3 is 0 Å². The molecule has 3 nitrogen and oxygen atoms in total. The Hall–Kier alpha value is -0.483. The number of hydrogen-bond acceptors (Lipinski definition) is 3. The van der Waals surface area contributed by atoms with Crippen molar-refractivity contribution in [3.8, 4) is 0 Å². The fourth-order valence-electron chi connectivity index (χ4n) is 0.791. The second-order valence-electron chi connectivity index (χ2n) is 5.34. The lowest BCUT2D eigenvalue weighted by atomic mass is 10.2. The summed E-state index contributed by atoms with van der Waals surface area (Å²) in [6.45, 7) is 12.4. The van der Waals surface area contributed by atoms with Crippen molar-refractivity contribution in [2.45, 2.75) is 52.2 Å². The van der Waals surface area contributed by atoms with Gasteiger partial charge in [0, 0.05) is 20.0 Å². The lowest BCUT2D eigenvalue weighted by molar-refractivity contribution is -0.135. The summed E-state index contributed by atoms with van der Waals surface area (Å²) in [4.78, 5) is 21.8. The van der Waals surface area contributed by atoms with Crippen LogP contribution in [0.15, 0.2) is 0 Å². The van der Waals surface area contributed by atoms with Crippen molar-refractivity contribution in [1.82, 2.24) is 0 Å². The maximum Gasteiger partial charge on any atom is 0.200 e. The molecule has 0 amide bonds. The molecular weight excluding hydrogens is 208 g/mol. The Morgan fingerprint density at radius 1 is 1.20 bits per heavy atom. The molecule has 0 rings (SSSR count). The molecule has 0 atom stereocenters. The predicted octanol–water partition coefficient (Wildman–Crippen LogP) is 2.56. The van der Waals surface area contributed by atoms with Crippen molar-refractivity contribution in [2.24, 2.45) is 0 Å². The lowest BCUT2D eigenvalue weighted by Gasteiger charge is -2.36. The first-order chi connectivity index (χ1) is 6.58. The molecule has 0 saturated carbocycles. The van der Waals surface area contributed by atoms with Crippen LogP contribution in [0.4, 0.5) is 0 Å². The highest BCUT2D eigenvalue weighted by Gasteiger charge is 2.37. The quantitative estimate of drug-likeness (QED) is 0.538. The second-order valence-corrected chi connectivity index (χ2v) is 10.1. The normalized spacial score (nSPS) is 12.7. The summed E-state index contributed by atoms with van der Waals surface area (Å²) in [5.74, 6) is -0.720. The minimum atomic E-state index is -1.77. The molecule has 0 aromatic rings. The number of Topliss-reactive ketones (excluding diaryl/α,β-unsaturated/α-hetero) is 2. The van der Waals surface area contributed by atoms with Crippen LogP contribution >= 0.6 is 0 Å². The molecule has 0 aliphatic heterocycles. The van der Waals surface area contributed by atoms with Crippen molar-refractivity contribution < 1.29 is 14.0 Å². The van der Waals surface area contributed by atoms with Crippen LogP contribution in [0.5, 0.6) is 0 Å². The number of carbonyl (C=O) groups is 2. The third-order valence-corrected chi connectivity index (χ3v) is 7.53. The van der Waals surface area contributed by atoms with Crippen LogP contribution in [0.2, 0.25) is 18.1 Å². The van der Waals surface area contributed by atoms with Crippen LogP contribution in [0.1, 0.15) is 34.1 Å². The Balaban J connectivity index is 4.07. The average Bonchev–Trinajstić information content (AvgIpc) is 2.01. The van der Waals surface area contributed by atoms with Crippen molar-refractivity contribution in [1.29, 1.82) is 0 Å². The molecule has 0 aliphatic carbocycles. The number of ketones is 2. The summed E-state index contributed by atoms with van der Waals surface area (Å²) >= 11 is 0. The third-order valence-electron chi connectivity index (χ3n) is 2.99. The van der Waals surface area contributed by atoms with E-state index >= 15 is 0 Å². The van der Waals surface area contributed by atoms with Gasteiger partial charge in [0.2, 0.25) is 0 Å². The summed E-state index contributed by atoms with van der Waals surface area (Å²) in [5.41, 5.74) is 0. The Morgan fingerprint density at radius 3 is 2.00 bits per heavy atom. The molecule has 0 fully saturated rings. The molecule has 0 aliphatic rings. The highest BCUT2D eigenvalue weighted by atomic mass is 28.4. The van der Waals surface area contributed by atoms with Gasteiger partial charge in [-0.2, -0.15) is 0 Å². The highest BCUT2D eigenvalue weighted by Crippen LogP contribution is 2.36. The van der Waals surface area contributed by atoms with E-state index in [2.05, 4.69) is 33.9 Å². The van der Waals surface area contributed by atoms with Gasteiger partial charge in [0.15, 0.2) is 19.9 Å². The highest BCUT2D eigenvalue weighted by molar-refractivity contribution is 6.74. The van der Waals surface area contributed by atoms with Gasteiger partial charge < -0.3 is 4.43 Å². The van der Waals surface area contributed by atoms with E-state index in [0.717, 1.165) is 0 Å².